The summed E-state index contributed by atoms with van der Waals surface area (Å²) in [4.78, 5) is 12.0. The van der Waals surface area contributed by atoms with Crippen LogP contribution in [-0.4, -0.2) is 32.3 Å². The van der Waals surface area contributed by atoms with Crippen molar-refractivity contribution in [2.75, 3.05) is 20.3 Å². The number of nitrogens with one attached hydrogen (secondary N) is 1. The van der Waals surface area contributed by atoms with Gasteiger partial charge in [-0.25, -0.2) is 0 Å². The number of para-hydroxylation sites is 2. The average Bonchev–Trinajstić information content (AvgIpc) is 2.60. The summed E-state index contributed by atoms with van der Waals surface area (Å²) in [5, 5.41) is 2.79. The molecule has 0 radical (unpaired) electrons. The van der Waals surface area contributed by atoms with Gasteiger partial charge in [0.25, 0.3) is 5.91 Å². The Morgan fingerprint density at radius 1 is 1.08 bits per heavy atom. The highest BCUT2D eigenvalue weighted by Gasteiger charge is 2.14. The van der Waals surface area contributed by atoms with E-state index in [1.807, 2.05) is 55.5 Å². The lowest BCUT2D eigenvalue weighted by Gasteiger charge is -2.15. The SMILES string of the molecule is COc1ccccc1OCCNC(=O)C(C)Oc1ccc(C)cc1. The zero-order valence-corrected chi connectivity index (χ0v) is 14.2. The van der Waals surface area contributed by atoms with Crippen molar-refractivity contribution in [2.24, 2.45) is 0 Å². The molecule has 2 aromatic rings. The van der Waals surface area contributed by atoms with Crippen molar-refractivity contribution in [3.8, 4) is 17.2 Å². The molecule has 0 aliphatic heterocycles. The van der Waals surface area contributed by atoms with E-state index in [1.54, 1.807) is 14.0 Å². The van der Waals surface area contributed by atoms with E-state index >= 15 is 0 Å². The van der Waals surface area contributed by atoms with E-state index in [1.165, 1.54) is 0 Å². The number of benzene rings is 2. The molecule has 2 aromatic carbocycles. The number of carbonyl (C=O) groups excluding carboxylic acids is 1. The van der Waals surface area contributed by atoms with Crippen molar-refractivity contribution in [1.29, 1.82) is 0 Å². The second kappa shape index (κ2) is 8.82. The molecule has 24 heavy (non-hydrogen) atoms. The van der Waals surface area contributed by atoms with Crippen molar-refractivity contribution >= 4 is 5.91 Å². The summed E-state index contributed by atoms with van der Waals surface area (Å²) in [6.45, 7) is 4.46. The minimum Gasteiger partial charge on any atom is -0.493 e. The molecule has 0 heterocycles. The van der Waals surface area contributed by atoms with Crippen molar-refractivity contribution < 1.29 is 19.0 Å². The number of carbonyl (C=O) groups is 1. The van der Waals surface area contributed by atoms with E-state index in [9.17, 15) is 4.79 Å². The zero-order valence-electron chi connectivity index (χ0n) is 14.2. The largest absolute Gasteiger partial charge is 0.493 e. The molecule has 0 bridgehead atoms. The minimum atomic E-state index is -0.570. The minimum absolute atomic E-state index is 0.181. The van der Waals surface area contributed by atoms with Crippen LogP contribution in [0.25, 0.3) is 0 Å². The number of hydrogen-bond acceptors (Lipinski definition) is 4. The summed E-state index contributed by atoms with van der Waals surface area (Å²) < 4.78 is 16.4. The first-order valence-electron chi connectivity index (χ1n) is 7.87. The Kier molecular flexibility index (Phi) is 6.49. The van der Waals surface area contributed by atoms with Crippen LogP contribution in [0.15, 0.2) is 48.5 Å². The normalized spacial score (nSPS) is 11.5. The molecule has 0 saturated heterocycles. The molecule has 0 spiro atoms. The second-order valence-corrected chi connectivity index (χ2v) is 5.36. The van der Waals surface area contributed by atoms with Gasteiger partial charge in [0.05, 0.1) is 13.7 Å². The Bertz CT molecular complexity index is 655. The number of amides is 1. The zero-order chi connectivity index (χ0) is 17.4. The number of hydrogen-bond donors (Lipinski definition) is 1. The Balaban J connectivity index is 1.73. The van der Waals surface area contributed by atoms with Gasteiger partial charge in [-0.05, 0) is 38.1 Å². The highest BCUT2D eigenvalue weighted by Crippen LogP contribution is 2.25. The van der Waals surface area contributed by atoms with Gasteiger partial charge in [-0.15, -0.1) is 0 Å². The van der Waals surface area contributed by atoms with E-state index in [2.05, 4.69) is 5.32 Å². The number of aryl methyl sites for hydroxylation is 1. The van der Waals surface area contributed by atoms with Crippen LogP contribution < -0.4 is 19.5 Å². The fraction of sp³-hybridized carbons (Fsp3) is 0.316. The van der Waals surface area contributed by atoms with Gasteiger partial charge in [-0.1, -0.05) is 29.8 Å². The van der Waals surface area contributed by atoms with E-state index in [-0.39, 0.29) is 5.91 Å². The molecule has 0 saturated carbocycles. The van der Waals surface area contributed by atoms with Crippen LogP contribution >= 0.6 is 0 Å². The first kappa shape index (κ1) is 17.7. The second-order valence-electron chi connectivity index (χ2n) is 5.36. The molecule has 1 unspecified atom stereocenters. The monoisotopic (exact) mass is 329 g/mol. The molecule has 1 atom stereocenters. The molecule has 128 valence electrons. The fourth-order valence-electron chi connectivity index (χ4n) is 2.09. The van der Waals surface area contributed by atoms with Gasteiger partial charge >= 0.3 is 0 Å². The maximum Gasteiger partial charge on any atom is 0.260 e. The van der Waals surface area contributed by atoms with E-state index in [0.717, 1.165) is 5.56 Å². The third kappa shape index (κ3) is 5.19. The summed E-state index contributed by atoms with van der Waals surface area (Å²) in [5.74, 6) is 1.81. The Hall–Kier alpha value is -2.69. The summed E-state index contributed by atoms with van der Waals surface area (Å²) in [6, 6.07) is 15.0. The van der Waals surface area contributed by atoms with Gasteiger partial charge in [0, 0.05) is 0 Å². The smallest absolute Gasteiger partial charge is 0.260 e. The van der Waals surface area contributed by atoms with E-state index in [0.29, 0.717) is 30.4 Å². The van der Waals surface area contributed by atoms with E-state index in [4.69, 9.17) is 14.2 Å². The van der Waals surface area contributed by atoms with Crippen LogP contribution in [0.1, 0.15) is 12.5 Å². The number of rotatable bonds is 8. The highest BCUT2D eigenvalue weighted by molar-refractivity contribution is 5.80. The first-order valence-corrected chi connectivity index (χ1v) is 7.87. The Morgan fingerprint density at radius 2 is 1.75 bits per heavy atom. The summed E-state index contributed by atoms with van der Waals surface area (Å²) in [7, 11) is 1.59. The van der Waals surface area contributed by atoms with Gasteiger partial charge in [0.1, 0.15) is 12.4 Å². The van der Waals surface area contributed by atoms with E-state index < -0.39 is 6.10 Å². The molecule has 0 aromatic heterocycles. The third-order valence-corrected chi connectivity index (χ3v) is 3.43. The molecule has 5 heteroatoms. The highest BCUT2D eigenvalue weighted by atomic mass is 16.5. The third-order valence-electron chi connectivity index (χ3n) is 3.43. The summed E-state index contributed by atoms with van der Waals surface area (Å²) in [6.07, 6.45) is -0.570. The van der Waals surface area contributed by atoms with Gasteiger partial charge in [-0.2, -0.15) is 0 Å². The standard InChI is InChI=1S/C19H23NO4/c1-14-8-10-16(11-9-14)24-15(2)19(21)20-12-13-23-18-7-5-4-6-17(18)22-3/h4-11,15H,12-13H2,1-3H3,(H,20,21). The molecule has 1 N–H and O–H groups in total. The van der Waals surface area contributed by atoms with Crippen molar-refractivity contribution in [2.45, 2.75) is 20.0 Å². The topological polar surface area (TPSA) is 56.8 Å². The predicted molar refractivity (Wildman–Crippen MR) is 92.8 cm³/mol. The fourth-order valence-corrected chi connectivity index (χ4v) is 2.09. The van der Waals surface area contributed by atoms with Gasteiger partial charge in [-0.3, -0.25) is 4.79 Å². The molecular weight excluding hydrogens is 306 g/mol. The summed E-state index contributed by atoms with van der Waals surface area (Å²) in [5.41, 5.74) is 1.15. The number of ether oxygens (including phenoxy) is 3. The van der Waals surface area contributed by atoms with Crippen molar-refractivity contribution in [3.05, 3.63) is 54.1 Å². The van der Waals surface area contributed by atoms with Gasteiger partial charge < -0.3 is 19.5 Å². The number of methoxy groups -OCH3 is 1. The van der Waals surface area contributed by atoms with Gasteiger partial charge in [0.2, 0.25) is 0 Å². The van der Waals surface area contributed by atoms with Crippen LogP contribution in [0.5, 0.6) is 17.2 Å². The van der Waals surface area contributed by atoms with Crippen molar-refractivity contribution in [1.82, 2.24) is 5.32 Å². The van der Waals surface area contributed by atoms with Crippen LogP contribution in [-0.2, 0) is 4.79 Å². The Labute approximate surface area is 142 Å². The molecule has 0 aliphatic rings. The molecule has 5 nitrogen and oxygen atoms in total. The molecule has 0 fully saturated rings. The Morgan fingerprint density at radius 3 is 2.42 bits per heavy atom. The quantitative estimate of drug-likeness (QED) is 0.757. The maximum absolute atomic E-state index is 12.0. The lowest BCUT2D eigenvalue weighted by molar-refractivity contribution is -0.127. The predicted octanol–water partition coefficient (Wildman–Crippen LogP) is 2.97. The van der Waals surface area contributed by atoms with Crippen LogP contribution in [0.4, 0.5) is 0 Å². The van der Waals surface area contributed by atoms with Crippen LogP contribution in [0, 0.1) is 6.92 Å². The molecular formula is C19H23NO4. The van der Waals surface area contributed by atoms with Crippen LogP contribution in [0.2, 0.25) is 0 Å². The lowest BCUT2D eigenvalue weighted by Crippen LogP contribution is -2.38. The van der Waals surface area contributed by atoms with Gasteiger partial charge in [0.15, 0.2) is 17.6 Å². The molecule has 0 aliphatic carbocycles. The maximum atomic E-state index is 12.0. The van der Waals surface area contributed by atoms with Crippen molar-refractivity contribution in [3.63, 3.8) is 0 Å². The molecule has 2 rings (SSSR count). The molecule has 1 amide bonds. The lowest BCUT2D eigenvalue weighted by atomic mass is 10.2. The summed E-state index contributed by atoms with van der Waals surface area (Å²) >= 11 is 0. The first-order chi connectivity index (χ1) is 11.6. The van der Waals surface area contributed by atoms with Crippen LogP contribution in [0.3, 0.4) is 0 Å². The average molecular weight is 329 g/mol.